The van der Waals surface area contributed by atoms with E-state index in [2.05, 4.69) is 0 Å². The third-order valence-corrected chi connectivity index (χ3v) is 4.89. The minimum atomic E-state index is -0.692. The zero-order valence-corrected chi connectivity index (χ0v) is 18.2. The lowest BCUT2D eigenvalue weighted by Crippen LogP contribution is -1.98. The van der Waals surface area contributed by atoms with Crippen LogP contribution in [0.25, 0.3) is 24.3 Å². The maximum atomic E-state index is 11.6. The lowest BCUT2D eigenvalue weighted by atomic mass is 10.0. The third kappa shape index (κ3) is 5.30. The summed E-state index contributed by atoms with van der Waals surface area (Å²) in [6, 6.07) is 11.4. The van der Waals surface area contributed by atoms with E-state index in [9.17, 15) is 30.4 Å². The summed E-state index contributed by atoms with van der Waals surface area (Å²) in [6.45, 7) is 0. The first-order chi connectivity index (χ1) is 16.2. The van der Waals surface area contributed by atoms with E-state index in [4.69, 9.17) is 9.47 Å². The Hall–Kier alpha value is -4.86. The standard InChI is InChI=1S/C24H20N2O8/c1-33-23-11-15(5-9-21(23)27)3-7-17-13-18(20(26(31)32)14-19(17)25(29)30)8-4-16-6-10-22(28)24(12-16)34-2/h3-14,27-28H,1-2H3/b7-3+,8-4+. The number of phenolic OH excluding ortho intramolecular Hbond substituents is 2. The number of hydrogen-bond donors (Lipinski definition) is 2. The third-order valence-electron chi connectivity index (χ3n) is 4.89. The number of phenols is 2. The molecule has 0 unspecified atom stereocenters. The molecule has 0 saturated heterocycles. The zero-order chi connectivity index (χ0) is 24.8. The van der Waals surface area contributed by atoms with Crippen LogP contribution in [0.1, 0.15) is 22.3 Å². The molecule has 0 aliphatic heterocycles. The first-order valence-electron chi connectivity index (χ1n) is 9.80. The van der Waals surface area contributed by atoms with Crippen molar-refractivity contribution in [2.75, 3.05) is 14.2 Å². The quantitative estimate of drug-likeness (QED) is 0.260. The summed E-state index contributed by atoms with van der Waals surface area (Å²) < 4.78 is 10.1. The molecular weight excluding hydrogens is 444 g/mol. The van der Waals surface area contributed by atoms with E-state index in [0.717, 1.165) is 6.07 Å². The average molecular weight is 464 g/mol. The summed E-state index contributed by atoms with van der Waals surface area (Å²) in [7, 11) is 2.79. The summed E-state index contributed by atoms with van der Waals surface area (Å²) in [5, 5.41) is 42.6. The summed E-state index contributed by atoms with van der Waals surface area (Å²) in [4.78, 5) is 21.8. The van der Waals surface area contributed by atoms with Gasteiger partial charge in [0.15, 0.2) is 23.0 Å². The molecule has 10 heteroatoms. The molecule has 0 amide bonds. The van der Waals surface area contributed by atoms with Gasteiger partial charge in [-0.05, 0) is 53.6 Å². The van der Waals surface area contributed by atoms with Gasteiger partial charge in [-0.15, -0.1) is 0 Å². The fourth-order valence-electron chi connectivity index (χ4n) is 3.16. The Kier molecular flexibility index (Phi) is 7.12. The number of ether oxygens (including phenoxy) is 2. The predicted molar refractivity (Wildman–Crippen MR) is 127 cm³/mol. The van der Waals surface area contributed by atoms with E-state index >= 15 is 0 Å². The van der Waals surface area contributed by atoms with E-state index < -0.39 is 21.2 Å². The summed E-state index contributed by atoms with van der Waals surface area (Å²) in [6.07, 6.45) is 6.03. The normalized spacial score (nSPS) is 11.1. The lowest BCUT2D eigenvalue weighted by Gasteiger charge is -2.05. The molecule has 0 radical (unpaired) electrons. The second kappa shape index (κ2) is 10.2. The van der Waals surface area contributed by atoms with Gasteiger partial charge < -0.3 is 19.7 Å². The van der Waals surface area contributed by atoms with Crippen LogP contribution in [-0.4, -0.2) is 34.3 Å². The highest BCUT2D eigenvalue weighted by Crippen LogP contribution is 2.33. The van der Waals surface area contributed by atoms with E-state index in [1.54, 1.807) is 36.4 Å². The molecule has 34 heavy (non-hydrogen) atoms. The highest BCUT2D eigenvalue weighted by atomic mass is 16.6. The van der Waals surface area contributed by atoms with Crippen LogP contribution in [0.2, 0.25) is 0 Å². The molecule has 0 aromatic heterocycles. The summed E-state index contributed by atoms with van der Waals surface area (Å²) in [5.41, 5.74) is 0.608. The Morgan fingerprint density at radius 3 is 1.44 bits per heavy atom. The molecule has 0 bridgehead atoms. The summed E-state index contributed by atoms with van der Waals surface area (Å²) >= 11 is 0. The van der Waals surface area contributed by atoms with Crippen molar-refractivity contribution in [1.29, 1.82) is 0 Å². The molecule has 0 atom stereocenters. The van der Waals surface area contributed by atoms with Gasteiger partial charge in [-0.2, -0.15) is 0 Å². The van der Waals surface area contributed by atoms with Crippen LogP contribution in [0.5, 0.6) is 23.0 Å². The van der Waals surface area contributed by atoms with Crippen LogP contribution in [0.3, 0.4) is 0 Å². The molecule has 174 valence electrons. The number of nitro groups is 2. The number of benzene rings is 3. The number of nitro benzene ring substituents is 2. The van der Waals surface area contributed by atoms with Crippen LogP contribution < -0.4 is 9.47 Å². The van der Waals surface area contributed by atoms with Crippen molar-refractivity contribution in [2.45, 2.75) is 0 Å². The maximum Gasteiger partial charge on any atom is 0.283 e. The molecular formula is C24H20N2O8. The molecule has 0 heterocycles. The number of hydrogen-bond acceptors (Lipinski definition) is 8. The van der Waals surface area contributed by atoms with Crippen molar-refractivity contribution in [3.8, 4) is 23.0 Å². The van der Waals surface area contributed by atoms with Gasteiger partial charge in [0.1, 0.15) is 0 Å². The van der Waals surface area contributed by atoms with Gasteiger partial charge in [0.25, 0.3) is 11.4 Å². The minimum Gasteiger partial charge on any atom is -0.504 e. The molecule has 0 aliphatic carbocycles. The molecule has 3 aromatic carbocycles. The summed E-state index contributed by atoms with van der Waals surface area (Å²) in [5.74, 6) is 0.347. The Morgan fingerprint density at radius 2 is 1.09 bits per heavy atom. The van der Waals surface area contributed by atoms with Crippen LogP contribution in [0.4, 0.5) is 11.4 Å². The topological polar surface area (TPSA) is 145 Å². The molecule has 0 fully saturated rings. The van der Waals surface area contributed by atoms with Crippen molar-refractivity contribution < 1.29 is 29.5 Å². The van der Waals surface area contributed by atoms with Crippen molar-refractivity contribution in [2.24, 2.45) is 0 Å². The number of nitrogens with zero attached hydrogens (tertiary/aromatic N) is 2. The first-order valence-corrected chi connectivity index (χ1v) is 9.80. The molecule has 10 nitrogen and oxygen atoms in total. The number of rotatable bonds is 8. The Balaban J connectivity index is 2.07. The van der Waals surface area contributed by atoms with Crippen molar-refractivity contribution in [3.05, 3.63) is 91.0 Å². The van der Waals surface area contributed by atoms with Crippen molar-refractivity contribution in [1.82, 2.24) is 0 Å². The van der Waals surface area contributed by atoms with Crippen molar-refractivity contribution in [3.63, 3.8) is 0 Å². The Labute approximate surface area is 193 Å². The van der Waals surface area contributed by atoms with E-state index in [-0.39, 0.29) is 34.1 Å². The smallest absolute Gasteiger partial charge is 0.283 e. The van der Waals surface area contributed by atoms with E-state index in [1.807, 2.05) is 0 Å². The van der Waals surface area contributed by atoms with Crippen LogP contribution in [0, 0.1) is 20.2 Å². The van der Waals surface area contributed by atoms with Crippen LogP contribution in [0.15, 0.2) is 48.5 Å². The zero-order valence-electron chi connectivity index (χ0n) is 18.2. The SMILES string of the molecule is COc1cc(/C=C/c2cc(/C=C/c3ccc(O)c(OC)c3)c([N+](=O)[O-])cc2[N+](=O)[O-])ccc1O. The van der Waals surface area contributed by atoms with Gasteiger partial charge in [-0.3, -0.25) is 20.2 Å². The molecule has 3 aromatic rings. The van der Waals surface area contributed by atoms with Gasteiger partial charge in [-0.1, -0.05) is 24.3 Å². The van der Waals surface area contributed by atoms with Gasteiger partial charge in [-0.25, -0.2) is 0 Å². The molecule has 0 saturated carbocycles. The van der Waals surface area contributed by atoms with Gasteiger partial charge in [0.2, 0.25) is 0 Å². The van der Waals surface area contributed by atoms with Crippen LogP contribution >= 0.6 is 0 Å². The average Bonchev–Trinajstić information content (AvgIpc) is 2.82. The largest absolute Gasteiger partial charge is 0.504 e. The highest BCUT2D eigenvalue weighted by Gasteiger charge is 2.22. The molecule has 2 N–H and O–H groups in total. The van der Waals surface area contributed by atoms with Gasteiger partial charge in [0, 0.05) is 0 Å². The first kappa shape index (κ1) is 23.8. The molecule has 3 rings (SSSR count). The van der Waals surface area contributed by atoms with Crippen molar-refractivity contribution >= 4 is 35.7 Å². The van der Waals surface area contributed by atoms with Gasteiger partial charge >= 0.3 is 0 Å². The highest BCUT2D eigenvalue weighted by molar-refractivity contribution is 5.82. The maximum absolute atomic E-state index is 11.6. The second-order valence-corrected chi connectivity index (χ2v) is 7.01. The number of aromatic hydroxyl groups is 2. The molecule has 0 aliphatic rings. The Morgan fingerprint density at radius 1 is 0.676 bits per heavy atom. The second-order valence-electron chi connectivity index (χ2n) is 7.01. The predicted octanol–water partition coefficient (Wildman–Crippen LogP) is 5.27. The van der Waals surface area contributed by atoms with Crippen LogP contribution in [-0.2, 0) is 0 Å². The van der Waals surface area contributed by atoms with Gasteiger partial charge in [0.05, 0.1) is 41.3 Å². The fourth-order valence-corrected chi connectivity index (χ4v) is 3.16. The fraction of sp³-hybridized carbons (Fsp3) is 0.0833. The lowest BCUT2D eigenvalue weighted by molar-refractivity contribution is -0.394. The Bertz CT molecular complexity index is 1220. The van der Waals surface area contributed by atoms with E-state index in [1.165, 1.54) is 44.6 Å². The monoisotopic (exact) mass is 464 g/mol. The number of methoxy groups -OCH3 is 2. The van der Waals surface area contributed by atoms with E-state index in [0.29, 0.717) is 11.1 Å². The minimum absolute atomic E-state index is 0.0562. The molecule has 0 spiro atoms.